The van der Waals surface area contributed by atoms with E-state index >= 15 is 0 Å². The molecule has 0 amide bonds. The van der Waals surface area contributed by atoms with E-state index in [2.05, 4.69) is 31.2 Å². The van der Waals surface area contributed by atoms with Gasteiger partial charge in [0.15, 0.2) is 0 Å². The Labute approximate surface area is 128 Å². The van der Waals surface area contributed by atoms with Crippen molar-refractivity contribution in [2.75, 3.05) is 5.32 Å². The van der Waals surface area contributed by atoms with E-state index < -0.39 is 5.76 Å². The average Bonchev–Trinajstić information content (AvgIpc) is 2.39. The van der Waals surface area contributed by atoms with Crippen LogP contribution in [0.3, 0.4) is 0 Å². The zero-order valence-electron chi connectivity index (χ0n) is 10.6. The van der Waals surface area contributed by atoms with Crippen LogP contribution in [0, 0.1) is 0 Å². The number of anilines is 2. The number of alkyl halides is 2. The highest BCUT2D eigenvalue weighted by Crippen LogP contribution is 2.33. The number of halogens is 3. The largest absolute Gasteiger partial charge is 0.339 e. The first kappa shape index (κ1) is 15.2. The van der Waals surface area contributed by atoms with E-state index in [0.29, 0.717) is 45.0 Å². The molecular weight excluding hydrogens is 348 g/mol. The Balaban J connectivity index is 2.27. The molecule has 1 aromatic heterocycles. The van der Waals surface area contributed by atoms with Crippen LogP contribution >= 0.6 is 27.7 Å². The number of aromatic nitrogens is 2. The van der Waals surface area contributed by atoms with Gasteiger partial charge in [-0.3, -0.25) is 0 Å². The van der Waals surface area contributed by atoms with Gasteiger partial charge in [0.05, 0.1) is 5.69 Å². The van der Waals surface area contributed by atoms with Crippen molar-refractivity contribution in [3.05, 3.63) is 40.8 Å². The first-order chi connectivity index (χ1) is 9.58. The zero-order chi connectivity index (χ0) is 14.5. The van der Waals surface area contributed by atoms with E-state index in [0.717, 1.165) is 0 Å². The molecule has 0 fully saturated rings. The summed E-state index contributed by atoms with van der Waals surface area (Å²) in [7, 11) is 0. The number of benzene rings is 1. The molecule has 2 rings (SSSR count). The number of thioether (sulfide) groups is 1. The lowest BCUT2D eigenvalue weighted by Gasteiger charge is -2.11. The average molecular weight is 360 g/mol. The number of aryl methyl sites for hydroxylation is 1. The molecule has 0 aliphatic heterocycles. The summed E-state index contributed by atoms with van der Waals surface area (Å²) in [6.07, 6.45) is 0.696. The first-order valence-electron chi connectivity index (χ1n) is 5.93. The van der Waals surface area contributed by atoms with Gasteiger partial charge in [0.2, 0.25) is 0 Å². The Hall–Kier alpha value is -1.21. The third-order valence-corrected chi connectivity index (χ3v) is 3.62. The van der Waals surface area contributed by atoms with Crippen LogP contribution in [0.15, 0.2) is 39.8 Å². The van der Waals surface area contributed by atoms with Crippen molar-refractivity contribution in [3.63, 3.8) is 0 Å². The van der Waals surface area contributed by atoms with E-state index in [4.69, 9.17) is 0 Å². The molecule has 0 unspecified atom stereocenters. The normalized spacial score (nSPS) is 10.8. The van der Waals surface area contributed by atoms with Crippen LogP contribution in [-0.4, -0.2) is 15.7 Å². The van der Waals surface area contributed by atoms with Crippen LogP contribution in [-0.2, 0) is 6.42 Å². The summed E-state index contributed by atoms with van der Waals surface area (Å²) < 4.78 is 25.7. The van der Waals surface area contributed by atoms with E-state index in [1.54, 1.807) is 30.3 Å². The molecule has 2 aromatic rings. The smallest absolute Gasteiger partial charge is 0.288 e. The van der Waals surface area contributed by atoms with Crippen molar-refractivity contribution in [2.45, 2.75) is 24.0 Å². The predicted molar refractivity (Wildman–Crippen MR) is 80.7 cm³/mol. The number of nitrogens with one attached hydrogen (secondary N) is 1. The Bertz CT molecular complexity index is 596. The van der Waals surface area contributed by atoms with Gasteiger partial charge < -0.3 is 5.32 Å². The standard InChI is InChI=1S/C13H12BrF2N3S/c1-2-11-18-10(14)7-12(19-11)17-8-5-3-4-6-9(8)20-13(15)16/h3-7,13H,2H2,1H3,(H,17,18,19). The molecule has 0 saturated heterocycles. The van der Waals surface area contributed by atoms with Crippen molar-refractivity contribution in [1.29, 1.82) is 0 Å². The lowest BCUT2D eigenvalue weighted by molar-refractivity contribution is 0.252. The molecule has 20 heavy (non-hydrogen) atoms. The molecule has 0 saturated carbocycles. The minimum absolute atomic E-state index is 0.482. The van der Waals surface area contributed by atoms with Crippen LogP contribution in [0.4, 0.5) is 20.3 Å². The van der Waals surface area contributed by atoms with Gasteiger partial charge in [0, 0.05) is 17.4 Å². The Kier molecular flexibility index (Phi) is 5.31. The summed E-state index contributed by atoms with van der Waals surface area (Å²) in [5.74, 6) is -1.20. The summed E-state index contributed by atoms with van der Waals surface area (Å²) in [6, 6.07) is 8.61. The van der Waals surface area contributed by atoms with E-state index in [1.807, 2.05) is 6.92 Å². The summed E-state index contributed by atoms with van der Waals surface area (Å²) in [4.78, 5) is 9.01. The zero-order valence-corrected chi connectivity index (χ0v) is 13.0. The number of hydrogen-bond donors (Lipinski definition) is 1. The fourth-order valence-electron chi connectivity index (χ4n) is 1.59. The molecule has 1 heterocycles. The Morgan fingerprint density at radius 1 is 1.30 bits per heavy atom. The van der Waals surface area contributed by atoms with Gasteiger partial charge in [-0.05, 0) is 28.1 Å². The molecule has 7 heteroatoms. The lowest BCUT2D eigenvalue weighted by Crippen LogP contribution is -2.00. The van der Waals surface area contributed by atoms with E-state index in [1.165, 1.54) is 0 Å². The van der Waals surface area contributed by atoms with Gasteiger partial charge in [-0.25, -0.2) is 9.97 Å². The molecule has 0 spiro atoms. The van der Waals surface area contributed by atoms with Crippen molar-refractivity contribution in [1.82, 2.24) is 9.97 Å². The maximum Gasteiger partial charge on any atom is 0.288 e. The van der Waals surface area contributed by atoms with Crippen molar-refractivity contribution in [2.24, 2.45) is 0 Å². The van der Waals surface area contributed by atoms with Gasteiger partial charge in [0.25, 0.3) is 5.76 Å². The lowest BCUT2D eigenvalue weighted by atomic mass is 10.3. The fourth-order valence-corrected chi connectivity index (χ4v) is 2.61. The van der Waals surface area contributed by atoms with Crippen molar-refractivity contribution >= 4 is 39.2 Å². The van der Waals surface area contributed by atoms with Crippen LogP contribution in [0.5, 0.6) is 0 Å². The molecule has 0 radical (unpaired) electrons. The highest BCUT2D eigenvalue weighted by Gasteiger charge is 2.10. The topological polar surface area (TPSA) is 37.8 Å². The second kappa shape index (κ2) is 6.99. The predicted octanol–water partition coefficient (Wildman–Crippen LogP) is 4.86. The van der Waals surface area contributed by atoms with Gasteiger partial charge in [-0.15, -0.1) is 0 Å². The van der Waals surface area contributed by atoms with Gasteiger partial charge >= 0.3 is 0 Å². The van der Waals surface area contributed by atoms with Crippen LogP contribution in [0.2, 0.25) is 0 Å². The number of hydrogen-bond acceptors (Lipinski definition) is 4. The quantitative estimate of drug-likeness (QED) is 0.611. The molecular formula is C13H12BrF2N3S. The highest BCUT2D eigenvalue weighted by atomic mass is 79.9. The van der Waals surface area contributed by atoms with E-state index in [-0.39, 0.29) is 0 Å². The van der Waals surface area contributed by atoms with Gasteiger partial charge in [0.1, 0.15) is 16.2 Å². The maximum absolute atomic E-state index is 12.5. The minimum Gasteiger partial charge on any atom is -0.339 e. The highest BCUT2D eigenvalue weighted by molar-refractivity contribution is 9.10. The van der Waals surface area contributed by atoms with Crippen LogP contribution in [0.1, 0.15) is 12.7 Å². The van der Waals surface area contributed by atoms with Gasteiger partial charge in [-0.2, -0.15) is 8.78 Å². The van der Waals surface area contributed by atoms with Crippen molar-refractivity contribution in [3.8, 4) is 0 Å². The number of nitrogens with zero attached hydrogens (tertiary/aromatic N) is 2. The first-order valence-corrected chi connectivity index (χ1v) is 7.60. The summed E-state index contributed by atoms with van der Waals surface area (Å²) in [5.41, 5.74) is 0.602. The molecule has 106 valence electrons. The molecule has 0 atom stereocenters. The Morgan fingerprint density at radius 3 is 2.75 bits per heavy atom. The van der Waals surface area contributed by atoms with Crippen molar-refractivity contribution < 1.29 is 8.78 Å². The molecule has 3 nitrogen and oxygen atoms in total. The second-order valence-electron chi connectivity index (χ2n) is 3.85. The summed E-state index contributed by atoms with van der Waals surface area (Å²) in [5, 5.41) is 3.06. The third-order valence-electron chi connectivity index (χ3n) is 2.42. The van der Waals surface area contributed by atoms with Crippen LogP contribution in [0.25, 0.3) is 0 Å². The number of rotatable bonds is 5. The monoisotopic (exact) mass is 359 g/mol. The minimum atomic E-state index is -2.46. The molecule has 0 aliphatic rings. The SMILES string of the molecule is CCc1nc(Br)cc(Nc2ccccc2SC(F)F)n1. The molecule has 0 bridgehead atoms. The van der Waals surface area contributed by atoms with E-state index in [9.17, 15) is 8.78 Å². The Morgan fingerprint density at radius 2 is 2.05 bits per heavy atom. The van der Waals surface area contributed by atoms with Gasteiger partial charge in [-0.1, -0.05) is 30.8 Å². The van der Waals surface area contributed by atoms with Crippen LogP contribution < -0.4 is 5.32 Å². The number of para-hydroxylation sites is 1. The maximum atomic E-state index is 12.5. The molecule has 0 aliphatic carbocycles. The second-order valence-corrected chi connectivity index (χ2v) is 5.69. The summed E-state index contributed by atoms with van der Waals surface area (Å²) >= 11 is 3.82. The fraction of sp³-hybridized carbons (Fsp3) is 0.231. The summed E-state index contributed by atoms with van der Waals surface area (Å²) in [6.45, 7) is 1.95. The third kappa shape index (κ3) is 4.14. The molecule has 1 aromatic carbocycles. The molecule has 1 N–H and O–H groups in total.